The molecule has 3 aromatic rings. The number of aliphatic hydroxyl groups excluding tert-OH is 2. The molecule has 1 amide bonds. The van der Waals surface area contributed by atoms with E-state index in [0.717, 1.165) is 55.2 Å². The van der Waals surface area contributed by atoms with E-state index in [1.807, 2.05) is 24.3 Å². The highest BCUT2D eigenvalue weighted by atomic mass is 35.5. The monoisotopic (exact) mass is 634 g/mol. The normalized spacial score (nSPS) is 14.5. The molecular weight excluding hydrogens is 595 g/mol. The van der Waals surface area contributed by atoms with Crippen LogP contribution in [0.2, 0.25) is 0 Å². The van der Waals surface area contributed by atoms with Gasteiger partial charge >= 0.3 is 0 Å². The van der Waals surface area contributed by atoms with Crippen LogP contribution >= 0.6 is 12.4 Å². The minimum atomic E-state index is -3.89. The lowest BCUT2D eigenvalue weighted by atomic mass is 9.97. The molecule has 1 fully saturated rings. The van der Waals surface area contributed by atoms with Gasteiger partial charge in [-0.05, 0) is 91.6 Å². The van der Waals surface area contributed by atoms with Gasteiger partial charge in [0.05, 0.1) is 23.5 Å². The van der Waals surface area contributed by atoms with E-state index in [4.69, 9.17) is 9.84 Å². The van der Waals surface area contributed by atoms with Crippen molar-refractivity contribution in [2.75, 3.05) is 25.4 Å². The van der Waals surface area contributed by atoms with Crippen molar-refractivity contribution < 1.29 is 32.6 Å². The van der Waals surface area contributed by atoms with E-state index in [1.165, 1.54) is 12.1 Å². The molecule has 0 spiro atoms. The summed E-state index contributed by atoms with van der Waals surface area (Å²) in [7, 11) is -3.89. The summed E-state index contributed by atoms with van der Waals surface area (Å²) in [5.74, 6) is -1.13. The van der Waals surface area contributed by atoms with Crippen molar-refractivity contribution >= 4 is 28.3 Å². The van der Waals surface area contributed by atoms with Crippen molar-refractivity contribution in [3.8, 4) is 16.9 Å². The van der Waals surface area contributed by atoms with Gasteiger partial charge in [0.2, 0.25) is 10.0 Å². The van der Waals surface area contributed by atoms with Crippen molar-refractivity contribution in [1.29, 1.82) is 0 Å². The van der Waals surface area contributed by atoms with Crippen LogP contribution in [0.25, 0.3) is 11.1 Å². The molecule has 0 aliphatic heterocycles. The summed E-state index contributed by atoms with van der Waals surface area (Å²) >= 11 is 0. The van der Waals surface area contributed by atoms with Gasteiger partial charge in [0.15, 0.2) is 0 Å². The molecule has 0 saturated heterocycles. The number of rotatable bonds is 14. The second-order valence-electron chi connectivity index (χ2n) is 10.6. The summed E-state index contributed by atoms with van der Waals surface area (Å²) in [6.07, 6.45) is 4.92. The smallest absolute Gasteiger partial charge is 0.268 e. The van der Waals surface area contributed by atoms with E-state index in [2.05, 4.69) is 10.0 Å². The van der Waals surface area contributed by atoms with E-state index >= 15 is 0 Å². The highest BCUT2D eigenvalue weighted by Gasteiger charge is 2.23. The number of hydrogen-bond acceptors (Lipinski definition) is 7. The molecule has 0 heterocycles. The van der Waals surface area contributed by atoms with Crippen LogP contribution in [-0.4, -0.2) is 56.1 Å². The molecule has 0 unspecified atom stereocenters. The highest BCUT2D eigenvalue weighted by Crippen LogP contribution is 2.31. The number of sulfonamides is 1. The van der Waals surface area contributed by atoms with E-state index in [9.17, 15) is 22.7 Å². The average molecular weight is 635 g/mol. The second-order valence-corrected chi connectivity index (χ2v) is 12.5. The Labute approximate surface area is 259 Å². The summed E-state index contributed by atoms with van der Waals surface area (Å²) in [5, 5.41) is 22.4. The first-order valence-corrected chi connectivity index (χ1v) is 16.1. The van der Waals surface area contributed by atoms with Gasteiger partial charge in [-0.25, -0.2) is 17.5 Å². The summed E-state index contributed by atoms with van der Waals surface area (Å²) in [6, 6.07) is 19.1. The summed E-state index contributed by atoms with van der Waals surface area (Å²) in [6.45, 7) is 0.666. The number of amides is 1. The van der Waals surface area contributed by atoms with Crippen LogP contribution in [-0.2, 0) is 16.4 Å². The number of halogens is 2. The average Bonchev–Trinajstić information content (AvgIpc) is 2.99. The molecule has 1 aliphatic carbocycles. The van der Waals surface area contributed by atoms with Crippen LogP contribution < -0.4 is 14.8 Å². The van der Waals surface area contributed by atoms with Gasteiger partial charge in [-0.2, -0.15) is 0 Å². The fourth-order valence-electron chi connectivity index (χ4n) is 5.02. The highest BCUT2D eigenvalue weighted by molar-refractivity contribution is 7.90. The van der Waals surface area contributed by atoms with E-state index < -0.39 is 22.0 Å². The van der Waals surface area contributed by atoms with E-state index in [1.54, 1.807) is 30.3 Å². The first kappa shape index (κ1) is 34.5. The Hall–Kier alpha value is -3.02. The lowest BCUT2D eigenvalue weighted by molar-refractivity contribution is 0.0969. The lowest BCUT2D eigenvalue weighted by Gasteiger charge is -2.24. The second kappa shape index (κ2) is 16.7. The maximum atomic E-state index is 13.4. The van der Waals surface area contributed by atoms with Crippen LogP contribution in [0.1, 0.15) is 66.1 Å². The SMILES string of the molecule is Cl.O=C(NS(=O)(=O)CCCO)c1ccc(-c2ccc(CCNC[C@H](O)c3cccc(F)c3)cc2)cc1OC1CCCCC1. The van der Waals surface area contributed by atoms with Crippen LogP contribution in [0.4, 0.5) is 4.39 Å². The van der Waals surface area contributed by atoms with Gasteiger partial charge < -0.3 is 20.3 Å². The molecular formula is C32H40ClFN2O6S. The fraction of sp³-hybridized carbons (Fsp3) is 0.406. The largest absolute Gasteiger partial charge is 0.490 e. The molecule has 43 heavy (non-hydrogen) atoms. The number of hydrogen-bond donors (Lipinski definition) is 4. The Bertz CT molecular complexity index is 1430. The van der Waals surface area contributed by atoms with Gasteiger partial charge in [-0.3, -0.25) is 4.79 Å². The molecule has 0 bridgehead atoms. The summed E-state index contributed by atoms with van der Waals surface area (Å²) in [5.41, 5.74) is 3.53. The maximum absolute atomic E-state index is 13.4. The van der Waals surface area contributed by atoms with Crippen molar-refractivity contribution in [2.24, 2.45) is 0 Å². The third kappa shape index (κ3) is 10.6. The van der Waals surface area contributed by atoms with Crippen molar-refractivity contribution in [3.63, 3.8) is 0 Å². The molecule has 11 heteroatoms. The first-order chi connectivity index (χ1) is 20.2. The zero-order valence-electron chi connectivity index (χ0n) is 24.0. The third-order valence-corrected chi connectivity index (χ3v) is 8.66. The minimum absolute atomic E-state index is 0. The van der Waals surface area contributed by atoms with Crippen LogP contribution in [0.15, 0.2) is 66.7 Å². The Morgan fingerprint density at radius 1 is 1.00 bits per heavy atom. The van der Waals surface area contributed by atoms with Crippen LogP contribution in [0.5, 0.6) is 5.75 Å². The van der Waals surface area contributed by atoms with Gasteiger partial charge in [-0.15, -0.1) is 12.4 Å². The lowest BCUT2D eigenvalue weighted by Crippen LogP contribution is -2.33. The number of nitrogens with one attached hydrogen (secondary N) is 2. The van der Waals surface area contributed by atoms with Crippen molar-refractivity contribution in [1.82, 2.24) is 10.0 Å². The number of carbonyl (C=O) groups is 1. The molecule has 3 aromatic carbocycles. The minimum Gasteiger partial charge on any atom is -0.490 e. The number of benzene rings is 3. The number of carbonyl (C=O) groups excluding carboxylic acids is 1. The van der Waals surface area contributed by atoms with Gasteiger partial charge in [-0.1, -0.05) is 48.9 Å². The molecule has 234 valence electrons. The Balaban J connectivity index is 0.00000506. The molecule has 0 radical (unpaired) electrons. The predicted octanol–water partition coefficient (Wildman–Crippen LogP) is 4.93. The quantitative estimate of drug-likeness (QED) is 0.185. The molecule has 1 aliphatic rings. The fourth-order valence-corrected chi connectivity index (χ4v) is 6.02. The topological polar surface area (TPSA) is 125 Å². The van der Waals surface area contributed by atoms with Gasteiger partial charge in [0.25, 0.3) is 5.91 Å². The Morgan fingerprint density at radius 2 is 1.72 bits per heavy atom. The van der Waals surface area contributed by atoms with Crippen LogP contribution in [0.3, 0.4) is 0 Å². The molecule has 0 aromatic heterocycles. The first-order valence-electron chi connectivity index (χ1n) is 14.4. The van der Waals surface area contributed by atoms with Gasteiger partial charge in [0.1, 0.15) is 11.6 Å². The zero-order chi connectivity index (χ0) is 30.0. The van der Waals surface area contributed by atoms with E-state index in [0.29, 0.717) is 24.4 Å². The number of ether oxygens (including phenoxy) is 1. The molecule has 4 rings (SSSR count). The standard InChI is InChI=1S/C32H39FN2O6S.ClH/c33-27-7-4-6-26(20-27)30(37)22-34-17-16-23-10-12-24(13-11-23)25-14-15-29(32(38)35-42(39,40)19-5-18-36)31(21-25)41-28-8-2-1-3-9-28;/h4,6-7,10-15,20-21,28,30,34,36-37H,1-3,5,8-9,16-19,22H2,(H,35,38);1H/t30-;/m0./s1. The number of aliphatic hydroxyl groups is 2. The Morgan fingerprint density at radius 3 is 2.42 bits per heavy atom. The Kier molecular flexibility index (Phi) is 13.4. The molecule has 1 saturated carbocycles. The van der Waals surface area contributed by atoms with Crippen LogP contribution in [0, 0.1) is 5.82 Å². The summed E-state index contributed by atoms with van der Waals surface area (Å²) < 4.78 is 46.3. The predicted molar refractivity (Wildman–Crippen MR) is 168 cm³/mol. The molecule has 4 N–H and O–H groups in total. The van der Waals surface area contributed by atoms with E-state index in [-0.39, 0.29) is 48.7 Å². The van der Waals surface area contributed by atoms with Gasteiger partial charge in [0, 0.05) is 13.2 Å². The third-order valence-electron chi connectivity index (χ3n) is 7.34. The molecule has 8 nitrogen and oxygen atoms in total. The summed E-state index contributed by atoms with van der Waals surface area (Å²) in [4.78, 5) is 13.0. The maximum Gasteiger partial charge on any atom is 0.268 e. The van der Waals surface area contributed by atoms with Crippen molar-refractivity contribution in [3.05, 3.63) is 89.2 Å². The van der Waals surface area contributed by atoms with Crippen molar-refractivity contribution in [2.45, 2.75) is 57.2 Å². The molecule has 1 atom stereocenters. The zero-order valence-corrected chi connectivity index (χ0v) is 25.6.